The summed E-state index contributed by atoms with van der Waals surface area (Å²) in [4.78, 5) is 10.9. The fourth-order valence-corrected chi connectivity index (χ4v) is 3.94. The van der Waals surface area contributed by atoms with Gasteiger partial charge < -0.3 is 4.90 Å². The average molecular weight is 286 g/mol. The number of aromatic nitrogens is 2. The topological polar surface area (TPSA) is 69.9 Å². The fourth-order valence-electron chi connectivity index (χ4n) is 3.52. The van der Waals surface area contributed by atoms with Gasteiger partial charge in [-0.1, -0.05) is 0 Å². The normalized spacial score (nSPS) is 31.3. The van der Waals surface area contributed by atoms with E-state index >= 15 is 0 Å². The van der Waals surface area contributed by atoms with Crippen molar-refractivity contribution >= 4 is 22.7 Å². The van der Waals surface area contributed by atoms with Crippen molar-refractivity contribution in [2.45, 2.75) is 30.0 Å². The molecule has 0 saturated heterocycles. The third-order valence-electron chi connectivity index (χ3n) is 4.67. The molecule has 5 nitrogen and oxygen atoms in total. The van der Waals surface area contributed by atoms with E-state index in [-0.39, 0.29) is 5.54 Å². The van der Waals surface area contributed by atoms with Crippen molar-refractivity contribution in [1.82, 2.24) is 9.97 Å². The standard InChI is InChI=1S/C14H14N4OS/c1-20(19)13-16-7-11-2-9(6-15)8-18(12(11)17-13)14-3-10(4-14)5-14/h2,7,10H,3-5,8H2,1H3. The van der Waals surface area contributed by atoms with Gasteiger partial charge in [0, 0.05) is 29.1 Å². The molecule has 102 valence electrons. The van der Waals surface area contributed by atoms with E-state index in [2.05, 4.69) is 20.9 Å². The van der Waals surface area contributed by atoms with Gasteiger partial charge in [-0.3, -0.25) is 4.21 Å². The monoisotopic (exact) mass is 286 g/mol. The van der Waals surface area contributed by atoms with Gasteiger partial charge >= 0.3 is 0 Å². The maximum atomic E-state index is 11.6. The Hall–Kier alpha value is -1.74. The predicted octanol–water partition coefficient (Wildman–Crippen LogP) is 1.49. The first-order chi connectivity index (χ1) is 9.61. The summed E-state index contributed by atoms with van der Waals surface area (Å²) in [6.07, 6.45) is 8.71. The molecule has 1 unspecified atom stereocenters. The van der Waals surface area contributed by atoms with Crippen molar-refractivity contribution in [1.29, 1.82) is 5.26 Å². The van der Waals surface area contributed by atoms with Crippen LogP contribution >= 0.6 is 0 Å². The zero-order valence-electron chi connectivity index (χ0n) is 11.2. The molecule has 5 rings (SSSR count). The molecule has 3 aliphatic carbocycles. The number of fused-ring (bicyclic) bond motifs is 1. The summed E-state index contributed by atoms with van der Waals surface area (Å²) in [5.41, 5.74) is 1.80. The molecule has 3 saturated carbocycles. The second-order valence-corrected chi connectivity index (χ2v) is 7.23. The lowest BCUT2D eigenvalue weighted by molar-refractivity contribution is -0.0242. The molecular weight excluding hydrogens is 272 g/mol. The molecule has 0 spiro atoms. The summed E-state index contributed by atoms with van der Waals surface area (Å²) in [5.74, 6) is 1.71. The fraction of sp³-hybridized carbons (Fsp3) is 0.500. The van der Waals surface area contributed by atoms with Gasteiger partial charge in [0.05, 0.1) is 23.4 Å². The van der Waals surface area contributed by atoms with Crippen molar-refractivity contribution < 1.29 is 4.21 Å². The van der Waals surface area contributed by atoms with E-state index in [4.69, 9.17) is 0 Å². The van der Waals surface area contributed by atoms with Crippen LogP contribution < -0.4 is 4.90 Å². The quantitative estimate of drug-likeness (QED) is 0.770. The van der Waals surface area contributed by atoms with Crippen LogP contribution in [-0.4, -0.2) is 32.5 Å². The lowest BCUT2D eigenvalue weighted by Gasteiger charge is -2.67. The van der Waals surface area contributed by atoms with E-state index in [0.717, 1.165) is 22.9 Å². The number of nitriles is 1. The Bertz CT molecular complexity index is 689. The SMILES string of the molecule is CS(=O)c1ncc2c(n1)N(C13CC(C1)C3)CC(C#N)=C2. The molecular formula is C14H14N4OS. The van der Waals surface area contributed by atoms with Crippen LogP contribution in [0.25, 0.3) is 6.08 Å². The third kappa shape index (κ3) is 1.50. The van der Waals surface area contributed by atoms with Gasteiger partial charge in [0.2, 0.25) is 5.16 Å². The smallest absolute Gasteiger partial charge is 0.220 e. The first-order valence-corrected chi connectivity index (χ1v) is 8.26. The molecule has 3 fully saturated rings. The van der Waals surface area contributed by atoms with Crippen molar-refractivity contribution in [2.75, 3.05) is 17.7 Å². The molecule has 1 aromatic rings. The van der Waals surface area contributed by atoms with Crippen molar-refractivity contribution in [2.24, 2.45) is 5.92 Å². The highest BCUT2D eigenvalue weighted by Crippen LogP contribution is 2.61. The Kier molecular flexibility index (Phi) is 2.34. The van der Waals surface area contributed by atoms with Crippen LogP contribution in [0.15, 0.2) is 16.9 Å². The van der Waals surface area contributed by atoms with Crippen LogP contribution in [0.4, 0.5) is 5.82 Å². The van der Waals surface area contributed by atoms with Gasteiger partial charge in [0.15, 0.2) is 0 Å². The first-order valence-electron chi connectivity index (χ1n) is 6.70. The van der Waals surface area contributed by atoms with Crippen LogP contribution in [0.2, 0.25) is 0 Å². The molecule has 1 aromatic heterocycles. The van der Waals surface area contributed by atoms with Gasteiger partial charge in [-0.2, -0.15) is 5.26 Å². The van der Waals surface area contributed by atoms with Crippen LogP contribution in [0.3, 0.4) is 0 Å². The van der Waals surface area contributed by atoms with Crippen LogP contribution in [0.5, 0.6) is 0 Å². The lowest BCUT2D eigenvalue weighted by atomic mass is 9.49. The Labute approximate surface area is 119 Å². The predicted molar refractivity (Wildman–Crippen MR) is 75.4 cm³/mol. The minimum atomic E-state index is -1.18. The molecule has 0 aromatic carbocycles. The minimum absolute atomic E-state index is 0.191. The second kappa shape index (κ2) is 3.89. The van der Waals surface area contributed by atoms with Crippen LogP contribution in [0, 0.1) is 17.2 Å². The Morgan fingerprint density at radius 3 is 2.80 bits per heavy atom. The van der Waals surface area contributed by atoms with Gasteiger partial charge in [0.1, 0.15) is 5.82 Å². The van der Waals surface area contributed by atoms with E-state index in [1.807, 2.05) is 6.08 Å². The highest BCUT2D eigenvalue weighted by Gasteiger charge is 2.60. The number of anilines is 1. The molecule has 0 N–H and O–H groups in total. The van der Waals surface area contributed by atoms with Gasteiger partial charge in [0.25, 0.3) is 0 Å². The van der Waals surface area contributed by atoms with Crippen LogP contribution in [0.1, 0.15) is 24.8 Å². The third-order valence-corrected chi connectivity index (χ3v) is 5.38. The maximum Gasteiger partial charge on any atom is 0.220 e. The molecule has 20 heavy (non-hydrogen) atoms. The van der Waals surface area contributed by atoms with Gasteiger partial charge in [-0.15, -0.1) is 0 Å². The molecule has 6 heteroatoms. The van der Waals surface area contributed by atoms with E-state index in [1.165, 1.54) is 19.3 Å². The van der Waals surface area contributed by atoms with Gasteiger partial charge in [-0.05, 0) is 31.3 Å². The maximum absolute atomic E-state index is 11.6. The van der Waals surface area contributed by atoms with Gasteiger partial charge in [-0.25, -0.2) is 9.97 Å². The van der Waals surface area contributed by atoms with Crippen molar-refractivity contribution in [3.05, 3.63) is 17.3 Å². The second-order valence-electron chi connectivity index (χ2n) is 5.96. The Balaban J connectivity index is 1.83. The average Bonchev–Trinajstić information content (AvgIpc) is 2.34. The summed E-state index contributed by atoms with van der Waals surface area (Å²) >= 11 is 0. The number of hydrogen-bond donors (Lipinski definition) is 0. The molecule has 2 bridgehead atoms. The zero-order chi connectivity index (χ0) is 13.9. The Morgan fingerprint density at radius 1 is 1.50 bits per heavy atom. The van der Waals surface area contributed by atoms with Crippen LogP contribution in [-0.2, 0) is 10.8 Å². The molecule has 1 atom stereocenters. The minimum Gasteiger partial charge on any atom is -0.345 e. The number of nitrogens with zero attached hydrogens (tertiary/aromatic N) is 4. The summed E-state index contributed by atoms with van der Waals surface area (Å²) in [5, 5.41) is 9.58. The highest BCUT2D eigenvalue weighted by atomic mass is 32.2. The number of rotatable bonds is 2. The van der Waals surface area contributed by atoms with Crippen molar-refractivity contribution in [3.63, 3.8) is 0 Å². The lowest BCUT2D eigenvalue weighted by Crippen LogP contribution is -2.69. The number of hydrogen-bond acceptors (Lipinski definition) is 5. The molecule has 2 heterocycles. The molecule has 4 aliphatic rings. The summed E-state index contributed by atoms with van der Waals surface area (Å²) < 4.78 is 11.6. The van der Waals surface area contributed by atoms with Crippen molar-refractivity contribution in [3.8, 4) is 6.07 Å². The Morgan fingerprint density at radius 2 is 2.25 bits per heavy atom. The highest BCUT2D eigenvalue weighted by molar-refractivity contribution is 7.84. The van der Waals surface area contributed by atoms with E-state index < -0.39 is 10.8 Å². The first kappa shape index (κ1) is 12.0. The molecule has 0 radical (unpaired) electrons. The van der Waals surface area contributed by atoms with E-state index in [0.29, 0.717) is 11.7 Å². The summed E-state index contributed by atoms with van der Waals surface area (Å²) in [6.45, 7) is 0.614. The molecule has 0 amide bonds. The van der Waals surface area contributed by atoms with E-state index in [1.54, 1.807) is 12.5 Å². The zero-order valence-corrected chi connectivity index (χ0v) is 12.0. The molecule has 1 aliphatic heterocycles. The van der Waals surface area contributed by atoms with E-state index in [9.17, 15) is 9.47 Å². The summed E-state index contributed by atoms with van der Waals surface area (Å²) in [6, 6.07) is 2.25. The summed E-state index contributed by atoms with van der Waals surface area (Å²) in [7, 11) is -1.18. The largest absolute Gasteiger partial charge is 0.345 e.